The van der Waals surface area contributed by atoms with Gasteiger partial charge in [-0.3, -0.25) is 4.79 Å². The summed E-state index contributed by atoms with van der Waals surface area (Å²) in [5, 5.41) is 17.6. The first-order chi connectivity index (χ1) is 9.36. The number of carboxylic acid groups (broad SMARTS) is 1. The molecule has 1 aromatic rings. The lowest BCUT2D eigenvalue weighted by Crippen LogP contribution is -2.30. The van der Waals surface area contributed by atoms with Crippen molar-refractivity contribution in [1.82, 2.24) is 4.31 Å². The molecule has 20 heavy (non-hydrogen) atoms. The van der Waals surface area contributed by atoms with Crippen LogP contribution < -0.4 is 0 Å². The van der Waals surface area contributed by atoms with Gasteiger partial charge in [0.05, 0.1) is 22.6 Å². The zero-order valence-corrected chi connectivity index (χ0v) is 11.9. The van der Waals surface area contributed by atoms with Gasteiger partial charge < -0.3 is 5.11 Å². The Labute approximate surface area is 121 Å². The number of nitriles is 1. The third kappa shape index (κ3) is 2.63. The highest BCUT2D eigenvalue weighted by molar-refractivity contribution is 7.89. The lowest BCUT2D eigenvalue weighted by molar-refractivity contribution is -0.141. The van der Waals surface area contributed by atoms with Gasteiger partial charge in [0.15, 0.2) is 0 Å². The van der Waals surface area contributed by atoms with E-state index in [-0.39, 0.29) is 35.0 Å². The summed E-state index contributed by atoms with van der Waals surface area (Å²) >= 11 is 5.90. The van der Waals surface area contributed by atoms with Gasteiger partial charge in [-0.05, 0) is 24.6 Å². The molecule has 0 aromatic heterocycles. The number of hydrogen-bond donors (Lipinski definition) is 1. The number of halogens is 1. The number of rotatable bonds is 3. The Balaban J connectivity index is 2.33. The van der Waals surface area contributed by atoms with Crippen LogP contribution in [0.4, 0.5) is 0 Å². The van der Waals surface area contributed by atoms with Crippen LogP contribution in [-0.4, -0.2) is 36.9 Å². The van der Waals surface area contributed by atoms with Crippen molar-refractivity contribution in [3.05, 3.63) is 28.8 Å². The van der Waals surface area contributed by atoms with E-state index in [1.807, 2.05) is 6.07 Å². The second-order valence-corrected chi connectivity index (χ2v) is 6.76. The van der Waals surface area contributed by atoms with Crippen LogP contribution >= 0.6 is 11.6 Å². The topological polar surface area (TPSA) is 98.5 Å². The van der Waals surface area contributed by atoms with E-state index in [1.165, 1.54) is 18.2 Å². The Morgan fingerprint density at radius 2 is 2.20 bits per heavy atom. The molecule has 0 spiro atoms. The van der Waals surface area contributed by atoms with Gasteiger partial charge >= 0.3 is 5.97 Å². The minimum atomic E-state index is -3.83. The van der Waals surface area contributed by atoms with Gasteiger partial charge in [0.25, 0.3) is 0 Å². The van der Waals surface area contributed by atoms with E-state index in [2.05, 4.69) is 0 Å². The Bertz CT molecular complexity index is 696. The fourth-order valence-corrected chi connectivity index (χ4v) is 4.09. The van der Waals surface area contributed by atoms with E-state index < -0.39 is 21.9 Å². The smallest absolute Gasteiger partial charge is 0.307 e. The van der Waals surface area contributed by atoms with E-state index >= 15 is 0 Å². The predicted molar refractivity (Wildman–Crippen MR) is 70.7 cm³/mol. The Morgan fingerprint density at radius 3 is 2.70 bits per heavy atom. The lowest BCUT2D eigenvalue weighted by atomic mass is 10.1. The molecule has 1 atom stereocenters. The Morgan fingerprint density at radius 1 is 1.50 bits per heavy atom. The van der Waals surface area contributed by atoms with Gasteiger partial charge in [0.1, 0.15) is 4.90 Å². The first-order valence-corrected chi connectivity index (χ1v) is 7.60. The molecule has 6 nitrogen and oxygen atoms in total. The fraction of sp³-hybridized carbons (Fsp3) is 0.333. The van der Waals surface area contributed by atoms with Crippen molar-refractivity contribution in [2.24, 2.45) is 5.92 Å². The number of carbonyl (C=O) groups is 1. The summed E-state index contributed by atoms with van der Waals surface area (Å²) in [6, 6.07) is 5.78. The molecule has 106 valence electrons. The minimum Gasteiger partial charge on any atom is -0.481 e. The van der Waals surface area contributed by atoms with Crippen molar-refractivity contribution in [2.45, 2.75) is 11.3 Å². The Hall–Kier alpha value is -1.62. The highest BCUT2D eigenvalue weighted by Crippen LogP contribution is 2.29. The van der Waals surface area contributed by atoms with Crippen molar-refractivity contribution >= 4 is 27.6 Å². The first kappa shape index (κ1) is 14.8. The van der Waals surface area contributed by atoms with Crippen molar-refractivity contribution < 1.29 is 18.3 Å². The van der Waals surface area contributed by atoms with Gasteiger partial charge in [-0.25, -0.2) is 8.42 Å². The maximum Gasteiger partial charge on any atom is 0.307 e. The van der Waals surface area contributed by atoms with Crippen LogP contribution in [0.15, 0.2) is 23.1 Å². The molecule has 1 aliphatic heterocycles. The third-order valence-corrected chi connectivity index (χ3v) is 5.53. The maximum absolute atomic E-state index is 12.4. The molecule has 1 aromatic carbocycles. The predicted octanol–water partition coefficient (Wildman–Crippen LogP) is 1.31. The summed E-state index contributed by atoms with van der Waals surface area (Å²) < 4.78 is 25.9. The number of carboxylic acids is 1. The van der Waals surface area contributed by atoms with E-state index in [9.17, 15) is 13.2 Å². The van der Waals surface area contributed by atoms with Gasteiger partial charge in [0, 0.05) is 13.1 Å². The van der Waals surface area contributed by atoms with Crippen LogP contribution in [0.2, 0.25) is 5.02 Å². The zero-order valence-electron chi connectivity index (χ0n) is 10.3. The normalized spacial score (nSPS) is 19.7. The summed E-state index contributed by atoms with van der Waals surface area (Å²) in [7, 11) is -3.83. The van der Waals surface area contributed by atoms with Crippen molar-refractivity contribution in [1.29, 1.82) is 5.26 Å². The molecule has 0 aliphatic carbocycles. The van der Waals surface area contributed by atoms with Crippen LogP contribution in [-0.2, 0) is 14.8 Å². The highest BCUT2D eigenvalue weighted by Gasteiger charge is 2.36. The van der Waals surface area contributed by atoms with E-state index in [4.69, 9.17) is 22.0 Å². The number of nitrogens with zero attached hydrogens (tertiary/aromatic N) is 2. The summed E-state index contributed by atoms with van der Waals surface area (Å²) in [6.07, 6.45) is 0.280. The highest BCUT2D eigenvalue weighted by atomic mass is 35.5. The molecule has 2 rings (SSSR count). The fourth-order valence-electron chi connectivity index (χ4n) is 2.07. The first-order valence-electron chi connectivity index (χ1n) is 5.79. The molecule has 0 saturated carbocycles. The summed E-state index contributed by atoms with van der Waals surface area (Å²) in [5.41, 5.74) is 0.263. The van der Waals surface area contributed by atoms with Crippen LogP contribution in [0.25, 0.3) is 0 Å². The molecule has 0 unspecified atom stereocenters. The molecular weight excluding hydrogens is 304 g/mol. The van der Waals surface area contributed by atoms with Crippen molar-refractivity contribution in [3.8, 4) is 6.07 Å². The molecule has 1 saturated heterocycles. The van der Waals surface area contributed by atoms with Crippen molar-refractivity contribution in [2.75, 3.05) is 13.1 Å². The standard InChI is InChI=1S/C12H11ClN2O4S/c13-10-5-8(6-14)1-2-11(10)20(18,19)15-4-3-9(7-15)12(16)17/h1-2,5,9H,3-4,7H2,(H,16,17)/t9-/m0/s1. The van der Waals surface area contributed by atoms with Crippen LogP contribution in [0.3, 0.4) is 0 Å². The number of hydrogen-bond acceptors (Lipinski definition) is 4. The molecule has 1 aliphatic rings. The molecule has 0 radical (unpaired) electrons. The molecule has 0 amide bonds. The second kappa shape index (κ2) is 5.40. The van der Waals surface area contributed by atoms with E-state index in [0.29, 0.717) is 0 Å². The number of benzene rings is 1. The lowest BCUT2D eigenvalue weighted by Gasteiger charge is -2.16. The van der Waals surface area contributed by atoms with E-state index in [1.54, 1.807) is 0 Å². The quantitative estimate of drug-likeness (QED) is 0.906. The van der Waals surface area contributed by atoms with Gasteiger partial charge in [-0.15, -0.1) is 0 Å². The van der Waals surface area contributed by atoms with Crippen LogP contribution in [0.5, 0.6) is 0 Å². The average molecular weight is 315 g/mol. The van der Waals surface area contributed by atoms with Gasteiger partial charge in [-0.1, -0.05) is 11.6 Å². The second-order valence-electron chi connectivity index (χ2n) is 4.44. The summed E-state index contributed by atoms with van der Waals surface area (Å²) in [6.45, 7) is 0.0869. The van der Waals surface area contributed by atoms with E-state index in [0.717, 1.165) is 4.31 Å². The van der Waals surface area contributed by atoms with Crippen LogP contribution in [0.1, 0.15) is 12.0 Å². The minimum absolute atomic E-state index is 0.0391. The number of sulfonamides is 1. The molecule has 8 heteroatoms. The summed E-state index contributed by atoms with van der Waals surface area (Å²) in [5.74, 6) is -1.70. The molecular formula is C12H11ClN2O4S. The van der Waals surface area contributed by atoms with Gasteiger partial charge in [-0.2, -0.15) is 9.57 Å². The van der Waals surface area contributed by atoms with Gasteiger partial charge in [0.2, 0.25) is 10.0 Å². The Kier molecular flexibility index (Phi) is 3.99. The zero-order chi connectivity index (χ0) is 14.9. The molecule has 1 N–H and O–H groups in total. The molecule has 0 bridgehead atoms. The SMILES string of the molecule is N#Cc1ccc(S(=O)(=O)N2CC[C@H](C(=O)O)C2)c(Cl)c1. The molecule has 1 heterocycles. The molecule has 1 fully saturated rings. The maximum atomic E-state index is 12.4. The van der Waals surface area contributed by atoms with Crippen LogP contribution in [0, 0.1) is 17.2 Å². The summed E-state index contributed by atoms with van der Waals surface area (Å²) in [4.78, 5) is 10.8. The average Bonchev–Trinajstić information content (AvgIpc) is 2.88. The monoisotopic (exact) mass is 314 g/mol. The largest absolute Gasteiger partial charge is 0.481 e. The third-order valence-electron chi connectivity index (χ3n) is 3.18. The van der Waals surface area contributed by atoms with Crippen molar-refractivity contribution in [3.63, 3.8) is 0 Å². The number of aliphatic carboxylic acids is 1.